The molecule has 0 fully saturated rings. The van der Waals surface area contributed by atoms with E-state index in [1.54, 1.807) is 0 Å². The SMILES string of the molecule is CC1(C)Cc2c(sc(NC(=O)C(N)=O)c2C(=O)[O-])CO1. The van der Waals surface area contributed by atoms with Gasteiger partial charge in [-0.15, -0.1) is 11.3 Å². The van der Waals surface area contributed by atoms with Crippen molar-refractivity contribution in [1.82, 2.24) is 0 Å². The molecule has 1 aromatic heterocycles. The number of carboxylic acids is 1. The molecule has 0 saturated heterocycles. The Hall–Kier alpha value is -1.93. The Morgan fingerprint density at radius 2 is 2.05 bits per heavy atom. The van der Waals surface area contributed by atoms with Gasteiger partial charge in [0.05, 0.1) is 18.2 Å². The van der Waals surface area contributed by atoms with Crippen LogP contribution in [0.1, 0.15) is 34.6 Å². The van der Waals surface area contributed by atoms with Gasteiger partial charge >= 0.3 is 11.8 Å². The molecular weight excluding hydrogens is 284 g/mol. The molecule has 8 heteroatoms. The second-order valence-electron chi connectivity index (χ2n) is 5.04. The van der Waals surface area contributed by atoms with Gasteiger partial charge in [0.2, 0.25) is 0 Å². The molecule has 0 saturated carbocycles. The molecule has 20 heavy (non-hydrogen) atoms. The highest BCUT2D eigenvalue weighted by molar-refractivity contribution is 7.17. The van der Waals surface area contributed by atoms with Crippen LogP contribution in [0.5, 0.6) is 0 Å². The van der Waals surface area contributed by atoms with E-state index >= 15 is 0 Å². The summed E-state index contributed by atoms with van der Waals surface area (Å²) in [6, 6.07) is 0. The zero-order chi connectivity index (χ0) is 15.1. The lowest BCUT2D eigenvalue weighted by molar-refractivity contribution is -0.255. The Labute approximate surface area is 118 Å². The minimum absolute atomic E-state index is 0.0556. The highest BCUT2D eigenvalue weighted by Crippen LogP contribution is 2.40. The maximum absolute atomic E-state index is 11.3. The predicted molar refractivity (Wildman–Crippen MR) is 69.0 cm³/mol. The number of rotatable bonds is 2. The first-order valence-corrected chi connectivity index (χ1v) is 6.63. The van der Waals surface area contributed by atoms with E-state index in [1.807, 2.05) is 13.8 Å². The van der Waals surface area contributed by atoms with E-state index < -0.39 is 23.4 Å². The van der Waals surface area contributed by atoms with Gasteiger partial charge in [-0.3, -0.25) is 9.59 Å². The highest BCUT2D eigenvalue weighted by Gasteiger charge is 2.32. The zero-order valence-corrected chi connectivity index (χ0v) is 11.8. The standard InChI is InChI=1S/C12H14N2O5S/c1-12(2)3-5-6(4-19-12)20-10(7(5)11(17)18)14-9(16)8(13)15/h3-4H2,1-2H3,(H2,13,15)(H,14,16)(H,17,18)/p-1. The van der Waals surface area contributed by atoms with Crippen LogP contribution in [0.4, 0.5) is 5.00 Å². The summed E-state index contributed by atoms with van der Waals surface area (Å²) in [4.78, 5) is 34.1. The number of hydrogen-bond acceptors (Lipinski definition) is 6. The van der Waals surface area contributed by atoms with Gasteiger partial charge in [0.15, 0.2) is 0 Å². The van der Waals surface area contributed by atoms with Crippen LogP contribution < -0.4 is 16.2 Å². The maximum Gasteiger partial charge on any atom is 0.314 e. The summed E-state index contributed by atoms with van der Waals surface area (Å²) in [6.07, 6.45) is 0.384. The van der Waals surface area contributed by atoms with Gasteiger partial charge in [0.1, 0.15) is 5.00 Å². The van der Waals surface area contributed by atoms with Crippen LogP contribution in [0.25, 0.3) is 0 Å². The smallest absolute Gasteiger partial charge is 0.314 e. The molecule has 1 aliphatic heterocycles. The molecule has 1 aliphatic rings. The third kappa shape index (κ3) is 2.66. The van der Waals surface area contributed by atoms with E-state index in [2.05, 4.69) is 5.32 Å². The van der Waals surface area contributed by atoms with Crippen molar-refractivity contribution in [3.05, 3.63) is 16.0 Å². The molecule has 3 N–H and O–H groups in total. The van der Waals surface area contributed by atoms with Crippen LogP contribution in [0.3, 0.4) is 0 Å². The number of primary amides is 1. The summed E-state index contributed by atoms with van der Waals surface area (Å²) in [6.45, 7) is 3.93. The fraction of sp³-hybridized carbons (Fsp3) is 0.417. The Morgan fingerprint density at radius 1 is 1.40 bits per heavy atom. The van der Waals surface area contributed by atoms with Gasteiger partial charge in [0.25, 0.3) is 0 Å². The number of thiophene rings is 1. The van der Waals surface area contributed by atoms with Crippen molar-refractivity contribution in [1.29, 1.82) is 0 Å². The van der Waals surface area contributed by atoms with Crippen molar-refractivity contribution in [3.8, 4) is 0 Å². The second-order valence-corrected chi connectivity index (χ2v) is 6.14. The third-order valence-electron chi connectivity index (χ3n) is 2.94. The minimum Gasteiger partial charge on any atom is -0.545 e. The van der Waals surface area contributed by atoms with Gasteiger partial charge in [-0.05, 0) is 19.4 Å². The number of fused-ring (bicyclic) bond motifs is 1. The molecule has 0 bridgehead atoms. The van der Waals surface area contributed by atoms with Crippen LogP contribution in [0, 0.1) is 0 Å². The lowest BCUT2D eigenvalue weighted by atomic mass is 9.93. The predicted octanol–water partition coefficient (Wildman–Crippen LogP) is -0.613. The molecule has 2 rings (SSSR count). The van der Waals surface area contributed by atoms with Gasteiger partial charge in [0, 0.05) is 16.9 Å². The molecule has 0 aliphatic carbocycles. The van der Waals surface area contributed by atoms with Gasteiger partial charge in [-0.25, -0.2) is 0 Å². The number of ether oxygens (including phenoxy) is 1. The molecule has 2 heterocycles. The molecule has 0 atom stereocenters. The third-order valence-corrected chi connectivity index (χ3v) is 4.06. The number of carboxylic acid groups (broad SMARTS) is 1. The van der Waals surface area contributed by atoms with Crippen molar-refractivity contribution >= 4 is 34.1 Å². The molecule has 0 aromatic carbocycles. The first-order chi connectivity index (χ1) is 9.21. The maximum atomic E-state index is 11.3. The molecule has 1 aromatic rings. The Kier molecular flexibility index (Phi) is 3.53. The average Bonchev–Trinajstić information content (AvgIpc) is 2.64. The molecule has 108 valence electrons. The quantitative estimate of drug-likeness (QED) is 0.705. The fourth-order valence-electron chi connectivity index (χ4n) is 2.02. The highest BCUT2D eigenvalue weighted by atomic mass is 32.1. The van der Waals surface area contributed by atoms with E-state index in [0.29, 0.717) is 16.9 Å². The minimum atomic E-state index is -1.40. The van der Waals surface area contributed by atoms with E-state index in [0.717, 1.165) is 11.3 Å². The summed E-state index contributed by atoms with van der Waals surface area (Å²) < 4.78 is 5.59. The number of aromatic carboxylic acids is 1. The number of carbonyl (C=O) groups is 3. The molecule has 0 spiro atoms. The summed E-state index contributed by atoms with van der Waals surface area (Å²) in [5.41, 5.74) is 4.82. The number of nitrogens with one attached hydrogen (secondary N) is 1. The fourth-order valence-corrected chi connectivity index (χ4v) is 3.14. The Morgan fingerprint density at radius 3 is 2.60 bits per heavy atom. The van der Waals surface area contributed by atoms with E-state index in [1.165, 1.54) is 0 Å². The van der Waals surface area contributed by atoms with Crippen molar-refractivity contribution in [3.63, 3.8) is 0 Å². The molecule has 0 unspecified atom stereocenters. The number of hydrogen-bond donors (Lipinski definition) is 2. The number of amides is 2. The lowest BCUT2D eigenvalue weighted by Gasteiger charge is -2.30. The van der Waals surface area contributed by atoms with Gasteiger partial charge in [-0.2, -0.15) is 0 Å². The molecular formula is C12H13N2O5S-. The molecule has 0 radical (unpaired) electrons. The lowest BCUT2D eigenvalue weighted by Crippen LogP contribution is -2.34. The van der Waals surface area contributed by atoms with Gasteiger partial charge < -0.3 is 25.7 Å². The Balaban J connectivity index is 2.44. The normalized spacial score (nSPS) is 16.3. The largest absolute Gasteiger partial charge is 0.545 e. The van der Waals surface area contributed by atoms with Crippen molar-refractivity contribution in [2.24, 2.45) is 5.73 Å². The average molecular weight is 297 g/mol. The summed E-state index contributed by atoms with van der Waals surface area (Å²) >= 11 is 1.05. The van der Waals surface area contributed by atoms with Crippen molar-refractivity contribution in [2.45, 2.75) is 32.5 Å². The van der Waals surface area contributed by atoms with E-state index in [-0.39, 0.29) is 17.2 Å². The topological polar surface area (TPSA) is 122 Å². The van der Waals surface area contributed by atoms with Crippen LogP contribution in [0.2, 0.25) is 0 Å². The monoisotopic (exact) mass is 297 g/mol. The van der Waals surface area contributed by atoms with Crippen LogP contribution >= 0.6 is 11.3 Å². The number of carbonyl (C=O) groups excluding carboxylic acids is 3. The second kappa shape index (κ2) is 4.88. The summed E-state index contributed by atoms with van der Waals surface area (Å²) in [7, 11) is 0. The number of nitrogens with two attached hydrogens (primary N) is 1. The van der Waals surface area contributed by atoms with Crippen molar-refractivity contribution < 1.29 is 24.2 Å². The van der Waals surface area contributed by atoms with Crippen LogP contribution in [-0.4, -0.2) is 23.4 Å². The summed E-state index contributed by atoms with van der Waals surface area (Å²) in [5, 5.41) is 13.6. The molecule has 7 nitrogen and oxygen atoms in total. The van der Waals surface area contributed by atoms with Crippen LogP contribution in [-0.2, 0) is 27.4 Å². The zero-order valence-electron chi connectivity index (χ0n) is 10.9. The Bertz CT molecular complexity index is 605. The first-order valence-electron chi connectivity index (χ1n) is 5.82. The van der Waals surface area contributed by atoms with E-state index in [9.17, 15) is 19.5 Å². The number of anilines is 1. The van der Waals surface area contributed by atoms with E-state index in [4.69, 9.17) is 10.5 Å². The first kappa shape index (κ1) is 14.5. The van der Waals surface area contributed by atoms with Gasteiger partial charge in [-0.1, -0.05) is 0 Å². The van der Waals surface area contributed by atoms with Crippen molar-refractivity contribution in [2.75, 3.05) is 5.32 Å². The van der Waals surface area contributed by atoms with Crippen LogP contribution in [0.15, 0.2) is 0 Å². The summed E-state index contributed by atoms with van der Waals surface area (Å²) in [5.74, 6) is -3.65. The molecule has 2 amide bonds.